The molecule has 2 nitrogen and oxygen atoms in total. The fourth-order valence-electron chi connectivity index (χ4n) is 1.17. The Morgan fingerprint density at radius 2 is 1.83 bits per heavy atom. The van der Waals surface area contributed by atoms with Crippen molar-refractivity contribution in [2.75, 3.05) is 14.2 Å². The molecule has 0 N–H and O–H groups in total. The molecular weight excluding hydrogens is 168 g/mol. The lowest BCUT2D eigenvalue weighted by Gasteiger charge is -2.12. The van der Waals surface area contributed by atoms with Crippen molar-refractivity contribution in [1.29, 1.82) is 0 Å². The van der Waals surface area contributed by atoms with Gasteiger partial charge in [0.15, 0.2) is 0 Å². The molecule has 0 fully saturated rings. The van der Waals surface area contributed by atoms with Crippen LogP contribution in [0.4, 0.5) is 0 Å². The zero-order valence-electron chi connectivity index (χ0n) is 8.80. The van der Waals surface area contributed by atoms with Gasteiger partial charge in [-0.15, -0.1) is 0 Å². The minimum Gasteiger partial charge on any atom is -0.400 e. The molecule has 3 heteroatoms. The predicted molar refractivity (Wildman–Crippen MR) is 54.7 cm³/mol. The Labute approximate surface area is 78.1 Å². The van der Waals surface area contributed by atoms with Gasteiger partial charge in [0.05, 0.1) is 0 Å². The third-order valence-electron chi connectivity index (χ3n) is 2.36. The zero-order valence-corrected chi connectivity index (χ0v) is 9.95. The van der Waals surface area contributed by atoms with Gasteiger partial charge >= 0.3 is 9.28 Å². The molecule has 0 saturated heterocycles. The van der Waals surface area contributed by atoms with Crippen LogP contribution in [0, 0.1) is 5.92 Å². The van der Waals surface area contributed by atoms with E-state index in [0.29, 0.717) is 0 Å². The second-order valence-electron chi connectivity index (χ2n) is 3.35. The monoisotopic (exact) mass is 190 g/mol. The van der Waals surface area contributed by atoms with Crippen molar-refractivity contribution in [3.8, 4) is 0 Å². The first kappa shape index (κ1) is 12.1. The second kappa shape index (κ2) is 7.77. The van der Waals surface area contributed by atoms with E-state index in [0.717, 1.165) is 12.0 Å². The van der Waals surface area contributed by atoms with E-state index in [-0.39, 0.29) is 0 Å². The first-order valence-electron chi connectivity index (χ1n) is 4.80. The third kappa shape index (κ3) is 5.74. The van der Waals surface area contributed by atoms with Gasteiger partial charge < -0.3 is 8.85 Å². The van der Waals surface area contributed by atoms with E-state index in [1.165, 1.54) is 19.3 Å². The third-order valence-corrected chi connectivity index (χ3v) is 4.29. The Morgan fingerprint density at radius 1 is 1.25 bits per heavy atom. The van der Waals surface area contributed by atoms with Gasteiger partial charge in [-0.1, -0.05) is 33.1 Å². The maximum atomic E-state index is 5.23. The summed E-state index contributed by atoms with van der Waals surface area (Å²) in [5.41, 5.74) is 0. The van der Waals surface area contributed by atoms with E-state index in [9.17, 15) is 0 Å². The van der Waals surface area contributed by atoms with Gasteiger partial charge in [-0.2, -0.15) is 0 Å². The summed E-state index contributed by atoms with van der Waals surface area (Å²) < 4.78 is 10.5. The van der Waals surface area contributed by atoms with E-state index < -0.39 is 9.28 Å². The summed E-state index contributed by atoms with van der Waals surface area (Å²) in [4.78, 5) is 0. The Kier molecular flexibility index (Phi) is 7.86. The molecule has 0 saturated carbocycles. The fourth-order valence-corrected chi connectivity index (χ4v) is 2.40. The van der Waals surface area contributed by atoms with Crippen LogP contribution < -0.4 is 0 Å². The topological polar surface area (TPSA) is 18.5 Å². The summed E-state index contributed by atoms with van der Waals surface area (Å²) in [5.74, 6) is 0.855. The largest absolute Gasteiger partial charge is 0.400 e. The molecule has 0 heterocycles. The van der Waals surface area contributed by atoms with Crippen molar-refractivity contribution >= 4 is 9.28 Å². The van der Waals surface area contributed by atoms with Crippen LogP contribution in [0.25, 0.3) is 0 Å². The Morgan fingerprint density at radius 3 is 2.25 bits per heavy atom. The van der Waals surface area contributed by atoms with Crippen LogP contribution in [0.5, 0.6) is 0 Å². The molecule has 0 amide bonds. The highest BCUT2D eigenvalue weighted by Gasteiger charge is 2.09. The molecule has 74 valence electrons. The van der Waals surface area contributed by atoms with Crippen LogP contribution >= 0.6 is 0 Å². The Bertz CT molecular complexity index is 94.5. The summed E-state index contributed by atoms with van der Waals surface area (Å²) in [6.45, 7) is 4.54. The highest BCUT2D eigenvalue weighted by Crippen LogP contribution is 2.12. The highest BCUT2D eigenvalue weighted by atomic mass is 28.3. The first-order valence-corrected chi connectivity index (χ1v) is 6.56. The lowest BCUT2D eigenvalue weighted by atomic mass is 10.0. The molecule has 0 aromatic rings. The molecular formula is C9H22O2Si. The fraction of sp³-hybridized carbons (Fsp3) is 1.00. The maximum Gasteiger partial charge on any atom is 0.320 e. The van der Waals surface area contributed by atoms with Gasteiger partial charge in [-0.3, -0.25) is 0 Å². The average Bonchev–Trinajstić information content (AvgIpc) is 2.12. The lowest BCUT2D eigenvalue weighted by molar-refractivity contribution is 0.275. The quantitative estimate of drug-likeness (QED) is 0.574. The van der Waals surface area contributed by atoms with Crippen molar-refractivity contribution < 1.29 is 8.85 Å². The van der Waals surface area contributed by atoms with Crippen LogP contribution in [0.2, 0.25) is 6.04 Å². The average molecular weight is 190 g/mol. The number of hydrogen-bond acceptors (Lipinski definition) is 2. The minimum absolute atomic E-state index is 0.855. The Hall–Kier alpha value is 0.137. The van der Waals surface area contributed by atoms with Gasteiger partial charge in [-0.05, 0) is 12.0 Å². The molecule has 0 aliphatic rings. The van der Waals surface area contributed by atoms with Crippen LogP contribution in [-0.4, -0.2) is 23.5 Å². The zero-order chi connectivity index (χ0) is 9.40. The van der Waals surface area contributed by atoms with Gasteiger partial charge in [0.25, 0.3) is 0 Å². The molecule has 0 aromatic heterocycles. The molecule has 1 unspecified atom stereocenters. The van der Waals surface area contributed by atoms with E-state index in [1.54, 1.807) is 14.2 Å². The summed E-state index contributed by atoms with van der Waals surface area (Å²) >= 11 is 0. The van der Waals surface area contributed by atoms with Crippen molar-refractivity contribution in [3.63, 3.8) is 0 Å². The minimum atomic E-state index is -1.26. The maximum absolute atomic E-state index is 5.23. The SMILES string of the molecule is CCC(C)CCC[SiH](OC)OC. The number of rotatable bonds is 7. The van der Waals surface area contributed by atoms with Crippen molar-refractivity contribution in [3.05, 3.63) is 0 Å². The van der Waals surface area contributed by atoms with Gasteiger partial charge in [0.2, 0.25) is 0 Å². The summed E-state index contributed by atoms with van der Waals surface area (Å²) in [6.07, 6.45) is 3.85. The molecule has 0 aliphatic heterocycles. The van der Waals surface area contributed by atoms with Gasteiger partial charge in [-0.25, -0.2) is 0 Å². The smallest absolute Gasteiger partial charge is 0.320 e. The van der Waals surface area contributed by atoms with Crippen molar-refractivity contribution in [1.82, 2.24) is 0 Å². The molecule has 0 radical (unpaired) electrons. The first-order chi connectivity index (χ1) is 5.74. The molecule has 0 aromatic carbocycles. The summed E-state index contributed by atoms with van der Waals surface area (Å²) in [7, 11) is 2.25. The van der Waals surface area contributed by atoms with Crippen LogP contribution in [0.3, 0.4) is 0 Å². The molecule has 0 rings (SSSR count). The number of hydrogen-bond donors (Lipinski definition) is 0. The predicted octanol–water partition coefficient (Wildman–Crippen LogP) is 2.33. The summed E-state index contributed by atoms with van der Waals surface area (Å²) in [5, 5.41) is 0. The van der Waals surface area contributed by atoms with Gasteiger partial charge in [0, 0.05) is 14.2 Å². The molecule has 0 bridgehead atoms. The Balaban J connectivity index is 3.28. The van der Waals surface area contributed by atoms with E-state index in [1.807, 2.05) is 0 Å². The second-order valence-corrected chi connectivity index (χ2v) is 5.72. The van der Waals surface area contributed by atoms with Crippen molar-refractivity contribution in [2.45, 2.75) is 39.2 Å². The van der Waals surface area contributed by atoms with Crippen LogP contribution in [0.1, 0.15) is 33.1 Å². The molecule has 0 spiro atoms. The van der Waals surface area contributed by atoms with E-state index >= 15 is 0 Å². The van der Waals surface area contributed by atoms with Crippen molar-refractivity contribution in [2.24, 2.45) is 5.92 Å². The molecule has 12 heavy (non-hydrogen) atoms. The standard InChI is InChI=1S/C9H22O2Si/c1-5-9(2)7-6-8-12(10-3)11-4/h9,12H,5-8H2,1-4H3. The van der Waals surface area contributed by atoms with E-state index in [4.69, 9.17) is 8.85 Å². The normalized spacial score (nSPS) is 13.8. The lowest BCUT2D eigenvalue weighted by Crippen LogP contribution is -2.18. The molecule has 0 aliphatic carbocycles. The van der Waals surface area contributed by atoms with Gasteiger partial charge in [0.1, 0.15) is 0 Å². The van der Waals surface area contributed by atoms with E-state index in [2.05, 4.69) is 13.8 Å². The summed E-state index contributed by atoms with van der Waals surface area (Å²) in [6, 6.07) is 1.15. The molecule has 1 atom stereocenters. The van der Waals surface area contributed by atoms with Crippen LogP contribution in [0.15, 0.2) is 0 Å². The van der Waals surface area contributed by atoms with Crippen LogP contribution in [-0.2, 0) is 8.85 Å². The highest BCUT2D eigenvalue weighted by molar-refractivity contribution is 6.44.